The first-order chi connectivity index (χ1) is 13.2. The van der Waals surface area contributed by atoms with Crippen LogP contribution in [0.2, 0.25) is 0 Å². The van der Waals surface area contributed by atoms with Gasteiger partial charge in [0.1, 0.15) is 27.2 Å². The minimum atomic E-state index is -4.75. The second kappa shape index (κ2) is 8.40. The Morgan fingerprint density at radius 1 is 0.966 bits per heavy atom. The van der Waals surface area contributed by atoms with E-state index in [4.69, 9.17) is 4.42 Å². The van der Waals surface area contributed by atoms with E-state index in [2.05, 4.69) is 0 Å². The van der Waals surface area contributed by atoms with Crippen molar-refractivity contribution in [1.29, 1.82) is 0 Å². The van der Waals surface area contributed by atoms with E-state index in [0.717, 1.165) is 0 Å². The molecule has 2 aliphatic rings. The van der Waals surface area contributed by atoms with Crippen LogP contribution in [0, 0.1) is 7.14 Å². The van der Waals surface area contributed by atoms with Gasteiger partial charge in [0.2, 0.25) is 0 Å². The maximum Gasteiger partial charge on any atom is 1.00 e. The van der Waals surface area contributed by atoms with Gasteiger partial charge in [-0.15, -0.1) is 0 Å². The van der Waals surface area contributed by atoms with Gasteiger partial charge in [0.25, 0.3) is 0 Å². The first kappa shape index (κ1) is 22.9. The van der Waals surface area contributed by atoms with Crippen LogP contribution in [0.1, 0.15) is 0 Å². The summed E-state index contributed by atoms with van der Waals surface area (Å²) < 4.78 is 42.4. The molecule has 0 amide bonds. The molecule has 1 radical (unpaired) electrons. The molecule has 0 aromatic heterocycles. The van der Waals surface area contributed by atoms with Crippen molar-refractivity contribution < 1.29 is 50.2 Å². The van der Waals surface area contributed by atoms with E-state index in [0.29, 0.717) is 23.7 Å². The van der Waals surface area contributed by atoms with Crippen molar-refractivity contribution in [3.05, 3.63) is 65.9 Å². The summed E-state index contributed by atoms with van der Waals surface area (Å²) in [7, 11) is -4.75. The third-order valence-electron chi connectivity index (χ3n) is 4.27. The molecule has 0 saturated heterocycles. The van der Waals surface area contributed by atoms with Crippen LogP contribution < -0.4 is 5.43 Å². The maximum absolute atomic E-state index is 12.1. The molecule has 0 fully saturated rings. The van der Waals surface area contributed by atoms with Crippen molar-refractivity contribution >= 4 is 66.3 Å². The minimum Gasteiger partial charge on any atom is -0.744 e. The third kappa shape index (κ3) is 4.20. The Morgan fingerprint density at radius 3 is 2.34 bits per heavy atom. The van der Waals surface area contributed by atoms with Gasteiger partial charge in [-0.2, -0.15) is 0 Å². The molecule has 1 aliphatic carbocycles. The van der Waals surface area contributed by atoms with Crippen LogP contribution in [0.15, 0.2) is 62.6 Å². The summed E-state index contributed by atoms with van der Waals surface area (Å²) in [5.41, 5.74) is 1.16. The van der Waals surface area contributed by atoms with Gasteiger partial charge in [0, 0.05) is 34.2 Å². The maximum atomic E-state index is 12.1. The summed E-state index contributed by atoms with van der Waals surface area (Å²) in [6, 6.07) is 11.8. The summed E-state index contributed by atoms with van der Waals surface area (Å²) in [5.74, 6) is 0.214. The topological polar surface area (TPSA) is 108 Å². The minimum absolute atomic E-state index is 0. The SMILES string of the molecule is O=c1cc2oc3cc(O)c(I)cc3c(-c3ccccc3S(=O)(=O)[O-])c-2cc1I.[Hg+]. The molecular formula is C19H9HgI2O6S. The Hall–Kier alpha value is -0.765. The van der Waals surface area contributed by atoms with Crippen LogP contribution in [0.4, 0.5) is 0 Å². The molecule has 2 aromatic carbocycles. The molecule has 10 heteroatoms. The molecule has 0 saturated carbocycles. The molecule has 143 valence electrons. The van der Waals surface area contributed by atoms with E-state index in [1.54, 1.807) is 18.2 Å². The van der Waals surface area contributed by atoms with Crippen LogP contribution in [0.25, 0.3) is 33.4 Å². The van der Waals surface area contributed by atoms with Crippen LogP contribution in [0.5, 0.6) is 5.75 Å². The van der Waals surface area contributed by atoms with E-state index in [-0.39, 0.29) is 60.6 Å². The average Bonchev–Trinajstić information content (AvgIpc) is 2.62. The van der Waals surface area contributed by atoms with Gasteiger partial charge in [0.05, 0.1) is 12.0 Å². The van der Waals surface area contributed by atoms with Gasteiger partial charge in [-0.1, -0.05) is 18.2 Å². The number of phenolic OH excluding ortho intramolecular Hbond substituents is 1. The first-order valence-electron chi connectivity index (χ1n) is 7.80. The number of hydrogen-bond donors (Lipinski definition) is 1. The zero-order chi connectivity index (χ0) is 20.2. The number of phenols is 1. The van der Waals surface area contributed by atoms with Gasteiger partial charge in [-0.05, 0) is 63.4 Å². The second-order valence-corrected chi connectivity index (χ2v) is 9.68. The summed E-state index contributed by atoms with van der Waals surface area (Å²) in [5, 5.41) is 10.6. The summed E-state index contributed by atoms with van der Waals surface area (Å²) >= 11 is 3.84. The number of hydrogen-bond acceptors (Lipinski definition) is 6. The molecule has 1 heterocycles. The largest absolute Gasteiger partial charge is 1.00 e. The summed E-state index contributed by atoms with van der Waals surface area (Å²) in [6.07, 6.45) is 0. The molecular weight excluding hydrogens is 811 g/mol. The van der Waals surface area contributed by atoms with Gasteiger partial charge in [-0.3, -0.25) is 4.79 Å². The van der Waals surface area contributed by atoms with E-state index in [1.165, 1.54) is 30.3 Å². The van der Waals surface area contributed by atoms with E-state index >= 15 is 0 Å². The van der Waals surface area contributed by atoms with Gasteiger partial charge in [-0.25, -0.2) is 8.42 Å². The predicted octanol–water partition coefficient (Wildman–Crippen LogP) is 4.38. The number of rotatable bonds is 2. The zero-order valence-corrected chi connectivity index (χ0v) is 25.1. The zero-order valence-electron chi connectivity index (χ0n) is 14.5. The van der Waals surface area contributed by atoms with Crippen molar-refractivity contribution in [3.8, 4) is 28.2 Å². The molecule has 1 aliphatic heterocycles. The van der Waals surface area contributed by atoms with Crippen LogP contribution in [-0.2, 0) is 37.8 Å². The molecule has 0 atom stereocenters. The number of halogens is 2. The van der Waals surface area contributed by atoms with E-state index in [9.17, 15) is 22.9 Å². The van der Waals surface area contributed by atoms with Gasteiger partial charge in [0.15, 0.2) is 5.43 Å². The molecule has 0 spiro atoms. The van der Waals surface area contributed by atoms with Crippen molar-refractivity contribution in [1.82, 2.24) is 0 Å². The number of fused-ring (bicyclic) bond motifs is 2. The van der Waals surface area contributed by atoms with Crippen molar-refractivity contribution in [2.24, 2.45) is 0 Å². The molecule has 4 rings (SSSR count). The smallest absolute Gasteiger partial charge is 0.744 e. The monoisotopic (exact) mass is 821 g/mol. The van der Waals surface area contributed by atoms with Crippen LogP contribution in [0.3, 0.4) is 0 Å². The van der Waals surface area contributed by atoms with Crippen molar-refractivity contribution in [2.75, 3.05) is 0 Å². The average molecular weight is 820 g/mol. The normalized spacial score (nSPS) is 11.6. The summed E-state index contributed by atoms with van der Waals surface area (Å²) in [4.78, 5) is 11.7. The quantitative estimate of drug-likeness (QED) is 0.139. The number of aromatic hydroxyl groups is 1. The third-order valence-corrected chi connectivity index (χ3v) is 6.87. The standard InChI is InChI=1S/C19H10I2O6S.Hg/c20-12-5-10-16(7-14(12)22)27-17-8-15(23)13(21)6-11(17)19(10)9-3-1-2-4-18(9)28(24,25)26;/h1-8,22H,(H,24,25,26);/q;+1/p-1. The fourth-order valence-corrected chi connectivity index (χ4v) is 4.70. The Labute approximate surface area is 213 Å². The van der Waals surface area contributed by atoms with Crippen molar-refractivity contribution in [2.45, 2.75) is 4.90 Å². The first-order valence-corrected chi connectivity index (χ1v) is 11.4. The van der Waals surface area contributed by atoms with E-state index in [1.807, 2.05) is 45.2 Å². The Kier molecular flexibility index (Phi) is 6.64. The van der Waals surface area contributed by atoms with Gasteiger partial charge >= 0.3 is 27.7 Å². The fraction of sp³-hybridized carbons (Fsp3) is 0. The van der Waals surface area contributed by atoms with Crippen LogP contribution >= 0.6 is 45.2 Å². The Bertz CT molecular complexity index is 1400. The molecule has 0 unspecified atom stereocenters. The van der Waals surface area contributed by atoms with E-state index < -0.39 is 10.1 Å². The molecule has 1 N–H and O–H groups in total. The number of benzene rings is 3. The fourth-order valence-electron chi connectivity index (χ4n) is 3.08. The van der Waals surface area contributed by atoms with Crippen LogP contribution in [-0.4, -0.2) is 18.1 Å². The Balaban J connectivity index is 0.00000240. The van der Waals surface area contributed by atoms with Gasteiger partial charge < -0.3 is 14.1 Å². The molecule has 6 nitrogen and oxygen atoms in total. The predicted molar refractivity (Wildman–Crippen MR) is 120 cm³/mol. The van der Waals surface area contributed by atoms with Crippen molar-refractivity contribution in [3.63, 3.8) is 0 Å². The molecule has 0 bridgehead atoms. The molecule has 2 aromatic rings. The second-order valence-electron chi connectivity index (χ2n) is 6.01. The Morgan fingerprint density at radius 2 is 1.66 bits per heavy atom. The summed E-state index contributed by atoms with van der Waals surface area (Å²) in [6.45, 7) is 0. The molecule has 29 heavy (non-hydrogen) atoms.